The minimum atomic E-state index is 0.00112. The Morgan fingerprint density at radius 3 is 2.54 bits per heavy atom. The smallest absolute Gasteiger partial charge is 0.321 e. The van der Waals surface area contributed by atoms with Crippen molar-refractivity contribution in [1.29, 1.82) is 0 Å². The second-order valence-corrected chi connectivity index (χ2v) is 4.11. The Bertz CT molecular complexity index is 323. The molecule has 0 atom stereocenters. The van der Waals surface area contributed by atoms with E-state index in [4.69, 9.17) is 0 Å². The van der Waals surface area contributed by atoms with Crippen molar-refractivity contribution >= 4 is 34.3 Å². The number of benzene rings is 1. The molecule has 1 heterocycles. The van der Waals surface area contributed by atoms with Crippen molar-refractivity contribution in [2.45, 2.75) is 0 Å². The van der Waals surface area contributed by atoms with Gasteiger partial charge in [0.15, 0.2) is 0 Å². The second-order valence-electron chi connectivity index (χ2n) is 2.86. The molecule has 68 valence electrons. The first-order valence-electron chi connectivity index (χ1n) is 4.08. The SMILES string of the molecule is O=C1NCCN1c1ccc(I)cc1. The molecule has 0 radical (unpaired) electrons. The molecule has 3 nitrogen and oxygen atoms in total. The highest BCUT2D eigenvalue weighted by molar-refractivity contribution is 14.1. The molecule has 2 amide bonds. The van der Waals surface area contributed by atoms with Crippen LogP contribution in [0.15, 0.2) is 24.3 Å². The molecule has 0 aliphatic carbocycles. The number of hydrogen-bond donors (Lipinski definition) is 1. The van der Waals surface area contributed by atoms with Crippen LogP contribution in [0.5, 0.6) is 0 Å². The summed E-state index contributed by atoms with van der Waals surface area (Å²) in [5, 5.41) is 2.77. The Labute approximate surface area is 90.3 Å². The Hall–Kier alpha value is -0.780. The zero-order valence-corrected chi connectivity index (χ0v) is 9.11. The van der Waals surface area contributed by atoms with Crippen LogP contribution in [0, 0.1) is 3.57 Å². The summed E-state index contributed by atoms with van der Waals surface area (Å²) < 4.78 is 1.18. The standard InChI is InChI=1S/C9H9IN2O/c10-7-1-3-8(4-2-7)12-6-5-11-9(12)13/h1-4H,5-6H2,(H,11,13). The number of amides is 2. The first-order valence-corrected chi connectivity index (χ1v) is 5.16. The number of rotatable bonds is 1. The molecule has 2 rings (SSSR count). The van der Waals surface area contributed by atoms with E-state index in [1.165, 1.54) is 3.57 Å². The van der Waals surface area contributed by atoms with Crippen molar-refractivity contribution in [3.05, 3.63) is 27.8 Å². The summed E-state index contributed by atoms with van der Waals surface area (Å²) in [5.74, 6) is 0. The summed E-state index contributed by atoms with van der Waals surface area (Å²) in [7, 11) is 0. The lowest BCUT2D eigenvalue weighted by Crippen LogP contribution is -2.27. The van der Waals surface area contributed by atoms with Crippen molar-refractivity contribution in [1.82, 2.24) is 5.32 Å². The van der Waals surface area contributed by atoms with Crippen LogP contribution < -0.4 is 10.2 Å². The number of carbonyl (C=O) groups is 1. The van der Waals surface area contributed by atoms with Crippen molar-refractivity contribution in [2.75, 3.05) is 18.0 Å². The maximum Gasteiger partial charge on any atom is 0.321 e. The lowest BCUT2D eigenvalue weighted by Gasteiger charge is -2.13. The van der Waals surface area contributed by atoms with E-state index in [1.54, 1.807) is 4.90 Å². The zero-order valence-electron chi connectivity index (χ0n) is 6.96. The molecule has 0 spiro atoms. The highest BCUT2D eigenvalue weighted by atomic mass is 127. The van der Waals surface area contributed by atoms with Gasteiger partial charge in [0.1, 0.15) is 0 Å². The molecule has 1 aliphatic rings. The lowest BCUT2D eigenvalue weighted by atomic mass is 10.3. The number of nitrogens with one attached hydrogen (secondary N) is 1. The molecule has 1 saturated heterocycles. The predicted octanol–water partition coefficient (Wildman–Crippen LogP) is 1.82. The third kappa shape index (κ3) is 1.77. The summed E-state index contributed by atoms with van der Waals surface area (Å²) in [6, 6.07) is 7.93. The molecule has 0 bridgehead atoms. The van der Waals surface area contributed by atoms with E-state index in [0.29, 0.717) is 0 Å². The second kappa shape index (κ2) is 3.53. The van der Waals surface area contributed by atoms with Gasteiger partial charge in [-0.25, -0.2) is 4.79 Å². The van der Waals surface area contributed by atoms with E-state index < -0.39 is 0 Å². The van der Waals surface area contributed by atoms with Gasteiger partial charge in [-0.05, 0) is 46.9 Å². The maximum atomic E-state index is 11.3. The van der Waals surface area contributed by atoms with Gasteiger partial charge >= 0.3 is 6.03 Å². The number of nitrogens with zero attached hydrogens (tertiary/aromatic N) is 1. The number of halogens is 1. The van der Waals surface area contributed by atoms with E-state index in [1.807, 2.05) is 24.3 Å². The minimum Gasteiger partial charge on any atom is -0.336 e. The molecule has 0 saturated carbocycles. The summed E-state index contributed by atoms with van der Waals surface area (Å²) in [6.07, 6.45) is 0. The highest BCUT2D eigenvalue weighted by Crippen LogP contribution is 2.17. The van der Waals surface area contributed by atoms with Gasteiger partial charge in [-0.1, -0.05) is 0 Å². The Balaban J connectivity index is 2.25. The Morgan fingerprint density at radius 1 is 1.31 bits per heavy atom. The third-order valence-corrected chi connectivity index (χ3v) is 2.71. The fraction of sp³-hybridized carbons (Fsp3) is 0.222. The maximum absolute atomic E-state index is 11.3. The van der Waals surface area contributed by atoms with Crippen molar-refractivity contribution < 1.29 is 4.79 Å². The molecule has 1 aliphatic heterocycles. The topological polar surface area (TPSA) is 32.3 Å². The van der Waals surface area contributed by atoms with Crippen molar-refractivity contribution in [3.8, 4) is 0 Å². The molecule has 13 heavy (non-hydrogen) atoms. The first-order chi connectivity index (χ1) is 6.27. The Morgan fingerprint density at radius 2 is 2.00 bits per heavy atom. The fourth-order valence-corrected chi connectivity index (χ4v) is 1.70. The van der Waals surface area contributed by atoms with Gasteiger partial charge in [-0.2, -0.15) is 0 Å². The number of urea groups is 1. The van der Waals surface area contributed by atoms with E-state index in [-0.39, 0.29) is 6.03 Å². The first kappa shape index (κ1) is 8.80. The van der Waals surface area contributed by atoms with Crippen molar-refractivity contribution in [3.63, 3.8) is 0 Å². The lowest BCUT2D eigenvalue weighted by molar-refractivity contribution is 0.252. The van der Waals surface area contributed by atoms with E-state index in [9.17, 15) is 4.79 Å². The normalized spacial score (nSPS) is 16.1. The van der Waals surface area contributed by atoms with Crippen LogP contribution in [0.3, 0.4) is 0 Å². The molecule has 0 unspecified atom stereocenters. The molecule has 1 N–H and O–H groups in total. The molecular weight excluding hydrogens is 279 g/mol. The summed E-state index contributed by atoms with van der Waals surface area (Å²) in [4.78, 5) is 13.0. The van der Waals surface area contributed by atoms with Crippen LogP contribution >= 0.6 is 22.6 Å². The third-order valence-electron chi connectivity index (χ3n) is 2.00. The van der Waals surface area contributed by atoms with Crippen LogP contribution in [-0.2, 0) is 0 Å². The summed E-state index contributed by atoms with van der Waals surface area (Å²) in [6.45, 7) is 1.50. The van der Waals surface area contributed by atoms with E-state index >= 15 is 0 Å². The largest absolute Gasteiger partial charge is 0.336 e. The quantitative estimate of drug-likeness (QED) is 0.785. The van der Waals surface area contributed by atoms with Crippen LogP contribution in [0.25, 0.3) is 0 Å². The van der Waals surface area contributed by atoms with Gasteiger partial charge in [0, 0.05) is 22.3 Å². The van der Waals surface area contributed by atoms with Crippen LogP contribution in [-0.4, -0.2) is 19.1 Å². The van der Waals surface area contributed by atoms with Gasteiger partial charge < -0.3 is 5.32 Å². The van der Waals surface area contributed by atoms with Gasteiger partial charge in [-0.15, -0.1) is 0 Å². The van der Waals surface area contributed by atoms with Gasteiger partial charge in [0.25, 0.3) is 0 Å². The van der Waals surface area contributed by atoms with Crippen LogP contribution in [0.2, 0.25) is 0 Å². The average molecular weight is 288 g/mol. The Kier molecular flexibility index (Phi) is 2.39. The van der Waals surface area contributed by atoms with E-state index in [2.05, 4.69) is 27.9 Å². The minimum absolute atomic E-state index is 0.00112. The predicted molar refractivity (Wildman–Crippen MR) is 59.9 cm³/mol. The average Bonchev–Trinajstić information content (AvgIpc) is 2.53. The van der Waals surface area contributed by atoms with Crippen LogP contribution in [0.4, 0.5) is 10.5 Å². The van der Waals surface area contributed by atoms with Gasteiger partial charge in [0.2, 0.25) is 0 Å². The molecule has 1 fully saturated rings. The van der Waals surface area contributed by atoms with Crippen LogP contribution in [0.1, 0.15) is 0 Å². The molecule has 1 aromatic carbocycles. The molecular formula is C9H9IN2O. The number of hydrogen-bond acceptors (Lipinski definition) is 1. The number of anilines is 1. The number of carbonyl (C=O) groups excluding carboxylic acids is 1. The monoisotopic (exact) mass is 288 g/mol. The highest BCUT2D eigenvalue weighted by Gasteiger charge is 2.20. The molecule has 4 heteroatoms. The zero-order chi connectivity index (χ0) is 9.26. The fourth-order valence-electron chi connectivity index (χ4n) is 1.34. The summed E-state index contributed by atoms with van der Waals surface area (Å²) in [5.41, 5.74) is 0.968. The van der Waals surface area contributed by atoms with Gasteiger partial charge in [-0.3, -0.25) is 4.90 Å². The molecule has 0 aromatic heterocycles. The summed E-state index contributed by atoms with van der Waals surface area (Å²) >= 11 is 2.25. The van der Waals surface area contributed by atoms with E-state index in [0.717, 1.165) is 18.8 Å². The van der Waals surface area contributed by atoms with Gasteiger partial charge in [0.05, 0.1) is 0 Å². The van der Waals surface area contributed by atoms with Crippen molar-refractivity contribution in [2.24, 2.45) is 0 Å². The molecule has 1 aromatic rings.